The Morgan fingerprint density at radius 1 is 1.33 bits per heavy atom. The average Bonchev–Trinajstić information content (AvgIpc) is 2.99. The van der Waals surface area contributed by atoms with Crippen LogP contribution >= 0.6 is 15.9 Å². The number of amides is 1. The molecule has 21 heavy (non-hydrogen) atoms. The standard InChI is InChI=1S/C14H14BrF3N2O/c15-11-2-1-8(5-10(11)14(16,17)18)13(21)20-4-3-9-6-19-7-12(9)20/h1-2,5,9,12,19H,3-4,6-7H2/t9-,12+/m0/s1. The van der Waals surface area contributed by atoms with Gasteiger partial charge in [0.05, 0.1) is 5.56 Å². The molecule has 2 atom stereocenters. The van der Waals surface area contributed by atoms with E-state index in [1.54, 1.807) is 4.90 Å². The smallest absolute Gasteiger partial charge is 0.334 e. The molecule has 2 fully saturated rings. The maximum atomic E-state index is 12.9. The molecule has 1 N–H and O–H groups in total. The molecule has 2 aliphatic rings. The van der Waals surface area contributed by atoms with Gasteiger partial charge in [-0.3, -0.25) is 4.79 Å². The number of benzene rings is 1. The molecule has 2 saturated heterocycles. The minimum absolute atomic E-state index is 0.0478. The quantitative estimate of drug-likeness (QED) is 0.832. The van der Waals surface area contributed by atoms with Crippen molar-refractivity contribution in [1.82, 2.24) is 10.2 Å². The zero-order chi connectivity index (χ0) is 15.2. The Balaban J connectivity index is 1.88. The van der Waals surface area contributed by atoms with E-state index in [-0.39, 0.29) is 22.0 Å². The third-order valence-electron chi connectivity index (χ3n) is 4.22. The highest BCUT2D eigenvalue weighted by Crippen LogP contribution is 2.36. The second-order valence-electron chi connectivity index (χ2n) is 5.47. The molecule has 1 aromatic rings. The average molecular weight is 363 g/mol. The molecule has 0 saturated carbocycles. The van der Waals surface area contributed by atoms with Crippen LogP contribution in [0.25, 0.3) is 0 Å². The van der Waals surface area contributed by atoms with Crippen LogP contribution in [0.5, 0.6) is 0 Å². The van der Waals surface area contributed by atoms with Crippen LogP contribution in [0.3, 0.4) is 0 Å². The summed E-state index contributed by atoms with van der Waals surface area (Å²) >= 11 is 2.89. The summed E-state index contributed by atoms with van der Waals surface area (Å²) in [4.78, 5) is 14.2. The van der Waals surface area contributed by atoms with Gasteiger partial charge in [-0.25, -0.2) is 0 Å². The highest BCUT2D eigenvalue weighted by atomic mass is 79.9. The number of carbonyl (C=O) groups excluding carboxylic acids is 1. The van der Waals surface area contributed by atoms with E-state index in [0.717, 1.165) is 25.6 Å². The van der Waals surface area contributed by atoms with Gasteiger partial charge in [0.2, 0.25) is 0 Å². The van der Waals surface area contributed by atoms with Gasteiger partial charge in [-0.1, -0.05) is 15.9 Å². The van der Waals surface area contributed by atoms with Crippen molar-refractivity contribution in [1.29, 1.82) is 0 Å². The van der Waals surface area contributed by atoms with Crippen molar-refractivity contribution in [2.24, 2.45) is 5.92 Å². The summed E-state index contributed by atoms with van der Waals surface area (Å²) < 4.78 is 38.7. The lowest BCUT2D eigenvalue weighted by Crippen LogP contribution is -2.39. The number of hydrogen-bond acceptors (Lipinski definition) is 2. The fourth-order valence-corrected chi connectivity index (χ4v) is 3.61. The summed E-state index contributed by atoms with van der Waals surface area (Å²) in [6, 6.07) is 3.77. The van der Waals surface area contributed by atoms with E-state index in [1.165, 1.54) is 12.1 Å². The second-order valence-corrected chi connectivity index (χ2v) is 6.32. The molecular weight excluding hydrogens is 349 g/mol. The largest absolute Gasteiger partial charge is 0.417 e. The molecule has 3 nitrogen and oxygen atoms in total. The number of hydrogen-bond donors (Lipinski definition) is 1. The van der Waals surface area contributed by atoms with Crippen LogP contribution in [0.4, 0.5) is 13.2 Å². The van der Waals surface area contributed by atoms with Crippen molar-refractivity contribution in [3.8, 4) is 0 Å². The highest BCUT2D eigenvalue weighted by Gasteiger charge is 2.41. The maximum absolute atomic E-state index is 12.9. The van der Waals surface area contributed by atoms with Gasteiger partial charge in [-0.2, -0.15) is 13.2 Å². The first-order valence-corrected chi connectivity index (χ1v) is 7.55. The zero-order valence-electron chi connectivity index (χ0n) is 11.1. The lowest BCUT2D eigenvalue weighted by molar-refractivity contribution is -0.138. The summed E-state index contributed by atoms with van der Waals surface area (Å²) in [6.45, 7) is 2.22. The van der Waals surface area contributed by atoms with Crippen LogP contribution in [0.2, 0.25) is 0 Å². The van der Waals surface area contributed by atoms with Gasteiger partial charge in [0.15, 0.2) is 0 Å². The monoisotopic (exact) mass is 362 g/mol. The van der Waals surface area contributed by atoms with E-state index >= 15 is 0 Å². The van der Waals surface area contributed by atoms with Crippen molar-refractivity contribution in [3.05, 3.63) is 33.8 Å². The number of halogens is 4. The van der Waals surface area contributed by atoms with Gasteiger partial charge in [-0.05, 0) is 30.5 Å². The maximum Gasteiger partial charge on any atom is 0.417 e. The minimum atomic E-state index is -4.47. The third-order valence-corrected chi connectivity index (χ3v) is 4.92. The molecule has 0 spiro atoms. The summed E-state index contributed by atoms with van der Waals surface area (Å²) in [5.41, 5.74) is -0.716. The highest BCUT2D eigenvalue weighted by molar-refractivity contribution is 9.10. The van der Waals surface area contributed by atoms with Crippen LogP contribution < -0.4 is 5.32 Å². The molecule has 3 rings (SSSR count). The molecule has 1 aromatic carbocycles. The topological polar surface area (TPSA) is 32.3 Å². The van der Waals surface area contributed by atoms with Gasteiger partial charge in [0, 0.05) is 35.7 Å². The molecule has 0 aliphatic carbocycles. The Morgan fingerprint density at radius 3 is 2.81 bits per heavy atom. The Bertz CT molecular complexity index is 576. The predicted octanol–water partition coefficient (Wildman–Crippen LogP) is 2.90. The van der Waals surface area contributed by atoms with Crippen molar-refractivity contribution in [2.45, 2.75) is 18.6 Å². The van der Waals surface area contributed by atoms with Gasteiger partial charge >= 0.3 is 6.18 Å². The van der Waals surface area contributed by atoms with Gasteiger partial charge in [0.25, 0.3) is 5.91 Å². The Hall–Kier alpha value is -1.08. The molecule has 2 heterocycles. The zero-order valence-corrected chi connectivity index (χ0v) is 12.7. The van der Waals surface area contributed by atoms with Crippen LogP contribution in [-0.4, -0.2) is 36.5 Å². The molecule has 0 bridgehead atoms. The van der Waals surface area contributed by atoms with E-state index < -0.39 is 11.7 Å². The number of fused-ring (bicyclic) bond motifs is 1. The van der Waals surface area contributed by atoms with Crippen LogP contribution in [0.15, 0.2) is 22.7 Å². The van der Waals surface area contributed by atoms with Crippen molar-refractivity contribution in [2.75, 3.05) is 19.6 Å². The normalized spacial score (nSPS) is 25.2. The first kappa shape index (κ1) is 14.8. The SMILES string of the molecule is O=C(c1ccc(Br)c(C(F)(F)F)c1)N1CC[C@H]2CNC[C@H]21. The van der Waals surface area contributed by atoms with E-state index in [0.29, 0.717) is 12.5 Å². The number of alkyl halides is 3. The lowest BCUT2D eigenvalue weighted by Gasteiger charge is -2.24. The van der Waals surface area contributed by atoms with E-state index in [4.69, 9.17) is 0 Å². The van der Waals surface area contributed by atoms with Gasteiger partial charge in [0.1, 0.15) is 0 Å². The Labute approximate surface area is 128 Å². The van der Waals surface area contributed by atoms with Crippen molar-refractivity contribution in [3.63, 3.8) is 0 Å². The number of nitrogens with one attached hydrogen (secondary N) is 1. The number of carbonyl (C=O) groups is 1. The van der Waals surface area contributed by atoms with Crippen LogP contribution in [0, 0.1) is 5.92 Å². The fraction of sp³-hybridized carbons (Fsp3) is 0.500. The molecule has 7 heteroatoms. The van der Waals surface area contributed by atoms with Crippen molar-refractivity contribution < 1.29 is 18.0 Å². The van der Waals surface area contributed by atoms with E-state index in [9.17, 15) is 18.0 Å². The van der Waals surface area contributed by atoms with Crippen LogP contribution in [-0.2, 0) is 6.18 Å². The van der Waals surface area contributed by atoms with Crippen molar-refractivity contribution >= 4 is 21.8 Å². The molecule has 1 amide bonds. The first-order valence-electron chi connectivity index (χ1n) is 6.76. The summed E-state index contributed by atoms with van der Waals surface area (Å²) in [6.07, 6.45) is -3.57. The summed E-state index contributed by atoms with van der Waals surface area (Å²) in [5.74, 6) is 0.107. The molecule has 2 aliphatic heterocycles. The molecule has 114 valence electrons. The Kier molecular flexibility index (Phi) is 3.73. The van der Waals surface area contributed by atoms with Crippen LogP contribution in [0.1, 0.15) is 22.3 Å². The molecule has 0 aromatic heterocycles. The lowest BCUT2D eigenvalue weighted by atomic mass is 10.0. The number of likely N-dealkylation sites (tertiary alicyclic amines) is 1. The Morgan fingerprint density at radius 2 is 2.10 bits per heavy atom. The molecule has 0 unspecified atom stereocenters. The number of nitrogens with zero attached hydrogens (tertiary/aromatic N) is 1. The first-order chi connectivity index (χ1) is 9.88. The number of rotatable bonds is 1. The minimum Gasteiger partial charge on any atom is -0.334 e. The molecular formula is C14H14BrF3N2O. The fourth-order valence-electron chi connectivity index (χ4n) is 3.14. The third kappa shape index (κ3) is 2.68. The van der Waals surface area contributed by atoms with Gasteiger partial charge in [-0.15, -0.1) is 0 Å². The van der Waals surface area contributed by atoms with Gasteiger partial charge < -0.3 is 10.2 Å². The summed E-state index contributed by atoms with van der Waals surface area (Å²) in [7, 11) is 0. The molecule has 0 radical (unpaired) electrons. The summed E-state index contributed by atoms with van der Waals surface area (Å²) in [5, 5.41) is 3.22. The van der Waals surface area contributed by atoms with E-state index in [1.807, 2.05) is 0 Å². The second kappa shape index (κ2) is 5.28. The van der Waals surface area contributed by atoms with E-state index in [2.05, 4.69) is 21.2 Å². The predicted molar refractivity (Wildman–Crippen MR) is 74.9 cm³/mol.